The van der Waals surface area contributed by atoms with Gasteiger partial charge in [0.2, 0.25) is 15.9 Å². The predicted molar refractivity (Wildman–Crippen MR) is 129 cm³/mol. The van der Waals surface area contributed by atoms with E-state index in [2.05, 4.69) is 15.0 Å². The van der Waals surface area contributed by atoms with Gasteiger partial charge >= 0.3 is 0 Å². The molecule has 0 bridgehead atoms. The Morgan fingerprint density at radius 3 is 2.52 bits per heavy atom. The molecule has 0 aliphatic rings. The highest BCUT2D eigenvalue weighted by molar-refractivity contribution is 7.89. The first-order valence-electron chi connectivity index (χ1n) is 10.3. The topological polar surface area (TPSA) is 101 Å². The maximum absolute atomic E-state index is 12.7. The number of hydrogen-bond acceptors (Lipinski definition) is 6. The maximum atomic E-state index is 12.7. The lowest BCUT2D eigenvalue weighted by Crippen LogP contribution is -2.26. The Morgan fingerprint density at radius 1 is 1.06 bits per heavy atom. The number of rotatable bonds is 8. The van der Waals surface area contributed by atoms with E-state index in [0.717, 1.165) is 21.9 Å². The van der Waals surface area contributed by atoms with Crippen molar-refractivity contribution in [1.29, 1.82) is 0 Å². The molecule has 0 unspecified atom stereocenters. The summed E-state index contributed by atoms with van der Waals surface area (Å²) < 4.78 is 33.3. The molecule has 2 N–H and O–H groups in total. The molecule has 33 heavy (non-hydrogen) atoms. The molecule has 0 saturated carbocycles. The highest BCUT2D eigenvalue weighted by Gasteiger charge is 2.15. The lowest BCUT2D eigenvalue weighted by atomic mass is 10.1. The van der Waals surface area contributed by atoms with Gasteiger partial charge in [-0.1, -0.05) is 12.1 Å². The summed E-state index contributed by atoms with van der Waals surface area (Å²) in [5.41, 5.74) is 2.49. The molecule has 4 rings (SSSR count). The maximum Gasteiger partial charge on any atom is 0.255 e. The SMILES string of the molecule is Cc1nc(-c2cccc(NC(=O)c3ccc(S(=O)(=O)NCCc4cccs4)cc3)c2)oc1C. The molecule has 0 radical (unpaired) electrons. The van der Waals surface area contributed by atoms with E-state index in [4.69, 9.17) is 4.42 Å². The van der Waals surface area contributed by atoms with Crippen molar-refractivity contribution in [1.82, 2.24) is 9.71 Å². The third-order valence-corrected chi connectivity index (χ3v) is 7.48. The smallest absolute Gasteiger partial charge is 0.255 e. The second kappa shape index (κ2) is 9.70. The van der Waals surface area contributed by atoms with Crippen LogP contribution >= 0.6 is 11.3 Å². The minimum absolute atomic E-state index is 0.113. The minimum atomic E-state index is -3.65. The van der Waals surface area contributed by atoms with Crippen LogP contribution in [-0.4, -0.2) is 25.9 Å². The standard InChI is InChI=1S/C24H23N3O4S2/c1-16-17(2)31-24(26-16)19-5-3-6-20(15-19)27-23(28)18-8-10-22(11-9-18)33(29,30)25-13-12-21-7-4-14-32-21/h3-11,14-15,25H,12-13H2,1-2H3,(H,27,28). The first kappa shape index (κ1) is 22.9. The number of carbonyl (C=O) groups is 1. The summed E-state index contributed by atoms with van der Waals surface area (Å²) in [6, 6.07) is 16.9. The van der Waals surface area contributed by atoms with Gasteiger partial charge in [-0.05, 0) is 74.2 Å². The molecule has 2 heterocycles. The summed E-state index contributed by atoms with van der Waals surface area (Å²) in [7, 11) is -3.65. The van der Waals surface area contributed by atoms with E-state index in [-0.39, 0.29) is 10.8 Å². The van der Waals surface area contributed by atoms with Crippen LogP contribution in [0.2, 0.25) is 0 Å². The van der Waals surface area contributed by atoms with Gasteiger partial charge in [0.1, 0.15) is 5.76 Å². The Morgan fingerprint density at radius 2 is 1.85 bits per heavy atom. The normalized spacial score (nSPS) is 11.5. The number of aryl methyl sites for hydroxylation is 2. The zero-order valence-corrected chi connectivity index (χ0v) is 19.8. The highest BCUT2D eigenvalue weighted by Crippen LogP contribution is 2.24. The summed E-state index contributed by atoms with van der Waals surface area (Å²) in [5.74, 6) is 0.888. The number of thiophene rings is 1. The zero-order chi connectivity index (χ0) is 23.4. The van der Waals surface area contributed by atoms with E-state index in [1.54, 1.807) is 29.5 Å². The van der Waals surface area contributed by atoms with Crippen LogP contribution in [0.4, 0.5) is 5.69 Å². The number of nitrogens with one attached hydrogen (secondary N) is 2. The van der Waals surface area contributed by atoms with Crippen LogP contribution in [0.3, 0.4) is 0 Å². The molecule has 2 aromatic carbocycles. The van der Waals surface area contributed by atoms with Crippen molar-refractivity contribution in [2.24, 2.45) is 0 Å². The molecule has 4 aromatic rings. The Bertz CT molecular complexity index is 1340. The number of sulfonamides is 1. The fourth-order valence-corrected chi connectivity index (χ4v) is 4.90. The number of benzene rings is 2. The van der Waals surface area contributed by atoms with Gasteiger partial charge in [0.05, 0.1) is 10.6 Å². The Labute approximate surface area is 196 Å². The molecule has 0 fully saturated rings. The fourth-order valence-electron chi connectivity index (χ4n) is 3.16. The molecule has 1 amide bonds. The van der Waals surface area contributed by atoms with Crippen molar-refractivity contribution in [2.75, 3.05) is 11.9 Å². The second-order valence-electron chi connectivity index (χ2n) is 7.45. The average Bonchev–Trinajstić information content (AvgIpc) is 3.44. The summed E-state index contributed by atoms with van der Waals surface area (Å²) in [4.78, 5) is 18.3. The molecule has 0 atom stereocenters. The van der Waals surface area contributed by atoms with Gasteiger partial charge in [0, 0.05) is 28.2 Å². The van der Waals surface area contributed by atoms with Crippen molar-refractivity contribution in [3.63, 3.8) is 0 Å². The van der Waals surface area contributed by atoms with Gasteiger partial charge in [-0.2, -0.15) is 0 Å². The van der Waals surface area contributed by atoms with E-state index in [1.807, 2.05) is 37.4 Å². The van der Waals surface area contributed by atoms with Crippen molar-refractivity contribution in [3.05, 3.63) is 87.9 Å². The molecule has 170 valence electrons. The van der Waals surface area contributed by atoms with Crippen LogP contribution in [0.25, 0.3) is 11.5 Å². The zero-order valence-electron chi connectivity index (χ0n) is 18.2. The van der Waals surface area contributed by atoms with Crippen molar-refractivity contribution >= 4 is 33.0 Å². The lowest BCUT2D eigenvalue weighted by molar-refractivity contribution is 0.102. The van der Waals surface area contributed by atoms with Crippen LogP contribution in [-0.2, 0) is 16.4 Å². The molecule has 0 aliphatic heterocycles. The molecule has 0 aliphatic carbocycles. The largest absolute Gasteiger partial charge is 0.441 e. The second-order valence-corrected chi connectivity index (χ2v) is 10.2. The monoisotopic (exact) mass is 481 g/mol. The number of amides is 1. The van der Waals surface area contributed by atoms with E-state index >= 15 is 0 Å². The van der Waals surface area contributed by atoms with Gasteiger partial charge in [0.15, 0.2) is 0 Å². The number of carbonyl (C=O) groups excluding carboxylic acids is 1. The minimum Gasteiger partial charge on any atom is -0.441 e. The number of anilines is 1. The van der Waals surface area contributed by atoms with Gasteiger partial charge in [-0.25, -0.2) is 18.1 Å². The van der Waals surface area contributed by atoms with Crippen molar-refractivity contribution in [2.45, 2.75) is 25.2 Å². The Kier molecular flexibility index (Phi) is 6.73. The number of nitrogens with zero attached hydrogens (tertiary/aromatic N) is 1. The first-order chi connectivity index (χ1) is 15.8. The first-order valence-corrected chi connectivity index (χ1v) is 12.7. The van der Waals surface area contributed by atoms with E-state index in [1.165, 1.54) is 24.3 Å². The Hall–Kier alpha value is -3.27. The lowest BCUT2D eigenvalue weighted by Gasteiger charge is -2.09. The van der Waals surface area contributed by atoms with Gasteiger partial charge < -0.3 is 9.73 Å². The van der Waals surface area contributed by atoms with Crippen LogP contribution in [0.15, 0.2) is 75.4 Å². The third-order valence-electron chi connectivity index (χ3n) is 5.07. The summed E-state index contributed by atoms with van der Waals surface area (Å²) >= 11 is 1.59. The van der Waals surface area contributed by atoms with Crippen LogP contribution < -0.4 is 10.0 Å². The van der Waals surface area contributed by atoms with Gasteiger partial charge in [0.25, 0.3) is 5.91 Å². The average molecular weight is 482 g/mol. The van der Waals surface area contributed by atoms with E-state index in [9.17, 15) is 13.2 Å². The third kappa shape index (κ3) is 5.57. The Balaban J connectivity index is 1.40. The van der Waals surface area contributed by atoms with Crippen molar-refractivity contribution < 1.29 is 17.6 Å². The number of hydrogen-bond donors (Lipinski definition) is 2. The number of oxazole rings is 1. The van der Waals surface area contributed by atoms with Gasteiger partial charge in [-0.3, -0.25) is 4.79 Å². The molecule has 9 heteroatoms. The van der Waals surface area contributed by atoms with Crippen LogP contribution in [0.1, 0.15) is 26.7 Å². The quantitative estimate of drug-likeness (QED) is 0.377. The van der Waals surface area contributed by atoms with Crippen LogP contribution in [0.5, 0.6) is 0 Å². The molecule has 2 aromatic heterocycles. The van der Waals surface area contributed by atoms with E-state index in [0.29, 0.717) is 30.1 Å². The molecular weight excluding hydrogens is 458 g/mol. The van der Waals surface area contributed by atoms with E-state index < -0.39 is 10.0 Å². The summed E-state index contributed by atoms with van der Waals surface area (Å²) in [6.45, 7) is 4.03. The molecular formula is C24H23N3O4S2. The number of aromatic nitrogens is 1. The van der Waals surface area contributed by atoms with Crippen LogP contribution in [0, 0.1) is 13.8 Å². The predicted octanol–water partition coefficient (Wildman–Crippen LogP) is 4.79. The molecule has 0 spiro atoms. The molecule has 0 saturated heterocycles. The highest BCUT2D eigenvalue weighted by atomic mass is 32.2. The molecule has 7 nitrogen and oxygen atoms in total. The summed E-state index contributed by atoms with van der Waals surface area (Å²) in [6.07, 6.45) is 0.628. The fraction of sp³-hybridized carbons (Fsp3) is 0.167. The van der Waals surface area contributed by atoms with Gasteiger partial charge in [-0.15, -0.1) is 11.3 Å². The summed E-state index contributed by atoms with van der Waals surface area (Å²) in [5, 5.41) is 4.78. The van der Waals surface area contributed by atoms with Crippen molar-refractivity contribution in [3.8, 4) is 11.5 Å².